The quantitative estimate of drug-likeness (QED) is 0.586. The van der Waals surface area contributed by atoms with Gasteiger partial charge in [0.2, 0.25) is 5.95 Å². The van der Waals surface area contributed by atoms with Gasteiger partial charge in [0.1, 0.15) is 5.70 Å². The molecule has 7 nitrogen and oxygen atoms in total. The Morgan fingerprint density at radius 2 is 1.28 bits per heavy atom. The molecule has 2 aliphatic heterocycles. The van der Waals surface area contributed by atoms with Crippen molar-refractivity contribution in [3.05, 3.63) is 95.9 Å². The summed E-state index contributed by atoms with van der Waals surface area (Å²) in [5.41, 5.74) is 2.67. The number of rotatable bonds is 5. The van der Waals surface area contributed by atoms with E-state index in [1.54, 1.807) is 18.5 Å². The first-order chi connectivity index (χ1) is 15.7. The predicted octanol–water partition coefficient (Wildman–Crippen LogP) is 2.58. The molecule has 2 amide bonds. The Balaban J connectivity index is 1.44. The van der Waals surface area contributed by atoms with Crippen LogP contribution in [0.25, 0.3) is 5.57 Å². The number of nitrogens with zero attached hydrogens (tertiary/aromatic N) is 5. The van der Waals surface area contributed by atoms with E-state index >= 15 is 0 Å². The summed E-state index contributed by atoms with van der Waals surface area (Å²) in [5, 5.41) is 0. The third-order valence-corrected chi connectivity index (χ3v) is 5.82. The summed E-state index contributed by atoms with van der Waals surface area (Å²) in [6.07, 6.45) is 3.46. The van der Waals surface area contributed by atoms with Crippen LogP contribution in [0, 0.1) is 0 Å². The molecular weight excluding hydrogens is 402 g/mol. The molecule has 32 heavy (non-hydrogen) atoms. The van der Waals surface area contributed by atoms with Crippen molar-refractivity contribution >= 4 is 23.3 Å². The molecule has 0 atom stereocenters. The largest absolute Gasteiger partial charge is 0.363 e. The van der Waals surface area contributed by atoms with Crippen molar-refractivity contribution in [2.75, 3.05) is 31.1 Å². The fraction of sp³-hybridized carbons (Fsp3) is 0.200. The number of imide groups is 1. The number of hydrogen-bond acceptors (Lipinski definition) is 6. The van der Waals surface area contributed by atoms with Gasteiger partial charge in [-0.05, 0) is 17.2 Å². The molecule has 3 heterocycles. The van der Waals surface area contributed by atoms with Crippen LogP contribution in [-0.2, 0) is 16.1 Å². The Kier molecular flexibility index (Phi) is 5.37. The van der Waals surface area contributed by atoms with Gasteiger partial charge in [-0.2, -0.15) is 0 Å². The standard InChI is InChI=1S/C25H23N5O2/c31-23-21(20-10-5-2-6-11-20)22(24(32)30(23)18-19-8-3-1-4-9-19)28-14-16-29(17-15-28)25-26-12-7-13-27-25/h1-13H,14-18H2. The van der Waals surface area contributed by atoms with Crippen molar-refractivity contribution in [1.29, 1.82) is 0 Å². The van der Waals surface area contributed by atoms with Crippen molar-refractivity contribution < 1.29 is 9.59 Å². The molecule has 1 fully saturated rings. The van der Waals surface area contributed by atoms with E-state index in [9.17, 15) is 9.59 Å². The van der Waals surface area contributed by atoms with E-state index in [0.29, 0.717) is 43.4 Å². The number of amides is 2. The van der Waals surface area contributed by atoms with Gasteiger partial charge in [-0.25, -0.2) is 9.97 Å². The first kappa shape index (κ1) is 19.9. The first-order valence-corrected chi connectivity index (χ1v) is 10.7. The van der Waals surface area contributed by atoms with Crippen LogP contribution in [-0.4, -0.2) is 57.8 Å². The van der Waals surface area contributed by atoms with Crippen LogP contribution in [0.2, 0.25) is 0 Å². The SMILES string of the molecule is O=C1C(c2ccccc2)=C(N2CCN(c3ncccn3)CC2)C(=O)N1Cc1ccccc1. The van der Waals surface area contributed by atoms with Crippen LogP contribution in [0.1, 0.15) is 11.1 Å². The average molecular weight is 425 g/mol. The highest BCUT2D eigenvalue weighted by Crippen LogP contribution is 2.33. The molecular formula is C25H23N5O2. The normalized spacial score (nSPS) is 16.8. The van der Waals surface area contributed by atoms with E-state index in [1.165, 1.54) is 4.90 Å². The van der Waals surface area contributed by atoms with Crippen LogP contribution in [0.15, 0.2) is 84.8 Å². The molecule has 3 aromatic rings. The van der Waals surface area contributed by atoms with Crippen molar-refractivity contribution in [2.24, 2.45) is 0 Å². The Bertz CT molecular complexity index is 1140. The maximum Gasteiger partial charge on any atom is 0.278 e. The molecule has 0 saturated carbocycles. The predicted molar refractivity (Wildman–Crippen MR) is 121 cm³/mol. The zero-order valence-corrected chi connectivity index (χ0v) is 17.6. The molecule has 2 aliphatic rings. The topological polar surface area (TPSA) is 69.6 Å². The second kappa shape index (κ2) is 8.63. The Hall–Kier alpha value is -4.00. The molecule has 0 aliphatic carbocycles. The van der Waals surface area contributed by atoms with E-state index < -0.39 is 0 Å². The molecule has 0 unspecified atom stereocenters. The summed E-state index contributed by atoms with van der Waals surface area (Å²) in [7, 11) is 0. The Morgan fingerprint density at radius 3 is 1.94 bits per heavy atom. The van der Waals surface area contributed by atoms with E-state index in [4.69, 9.17) is 0 Å². The summed E-state index contributed by atoms with van der Waals surface area (Å²) < 4.78 is 0. The number of aromatic nitrogens is 2. The van der Waals surface area contributed by atoms with Crippen LogP contribution in [0.5, 0.6) is 0 Å². The third kappa shape index (κ3) is 3.73. The van der Waals surface area contributed by atoms with E-state index in [-0.39, 0.29) is 18.4 Å². The van der Waals surface area contributed by atoms with Gasteiger partial charge in [-0.3, -0.25) is 14.5 Å². The van der Waals surface area contributed by atoms with Gasteiger partial charge < -0.3 is 9.80 Å². The monoisotopic (exact) mass is 425 g/mol. The van der Waals surface area contributed by atoms with Gasteiger partial charge in [0.25, 0.3) is 11.8 Å². The van der Waals surface area contributed by atoms with Crippen LogP contribution in [0.3, 0.4) is 0 Å². The maximum atomic E-state index is 13.5. The van der Waals surface area contributed by atoms with Crippen LogP contribution < -0.4 is 4.90 Å². The molecule has 0 bridgehead atoms. The third-order valence-electron chi connectivity index (χ3n) is 5.82. The van der Waals surface area contributed by atoms with Crippen LogP contribution in [0.4, 0.5) is 5.95 Å². The summed E-state index contributed by atoms with van der Waals surface area (Å²) in [4.78, 5) is 41.1. The zero-order valence-electron chi connectivity index (χ0n) is 17.6. The molecule has 0 spiro atoms. The molecule has 5 rings (SSSR count). The second-order valence-electron chi connectivity index (χ2n) is 7.79. The Labute approximate surface area is 186 Å². The summed E-state index contributed by atoms with van der Waals surface area (Å²) >= 11 is 0. The van der Waals surface area contributed by atoms with Crippen molar-refractivity contribution in [1.82, 2.24) is 19.8 Å². The van der Waals surface area contributed by atoms with E-state index in [2.05, 4.69) is 14.9 Å². The van der Waals surface area contributed by atoms with Crippen molar-refractivity contribution in [2.45, 2.75) is 6.54 Å². The van der Waals surface area contributed by atoms with Crippen molar-refractivity contribution in [3.63, 3.8) is 0 Å². The van der Waals surface area contributed by atoms with E-state index in [0.717, 1.165) is 11.1 Å². The minimum absolute atomic E-state index is 0.234. The molecule has 2 aromatic carbocycles. The lowest BCUT2D eigenvalue weighted by Crippen LogP contribution is -2.48. The van der Waals surface area contributed by atoms with E-state index in [1.807, 2.05) is 65.6 Å². The lowest BCUT2D eigenvalue weighted by molar-refractivity contribution is -0.138. The molecule has 160 valence electrons. The minimum atomic E-state index is -0.242. The molecule has 7 heteroatoms. The van der Waals surface area contributed by atoms with Gasteiger partial charge >= 0.3 is 0 Å². The number of hydrogen-bond donors (Lipinski definition) is 0. The zero-order chi connectivity index (χ0) is 21.9. The molecule has 1 aromatic heterocycles. The molecule has 0 N–H and O–H groups in total. The fourth-order valence-electron chi connectivity index (χ4n) is 4.22. The summed E-state index contributed by atoms with van der Waals surface area (Å²) in [6.45, 7) is 2.84. The lowest BCUT2D eigenvalue weighted by Gasteiger charge is -2.36. The number of carbonyl (C=O) groups is 2. The molecule has 0 radical (unpaired) electrons. The summed E-state index contributed by atoms with van der Waals surface area (Å²) in [5.74, 6) is 0.208. The number of anilines is 1. The minimum Gasteiger partial charge on any atom is -0.363 e. The highest BCUT2D eigenvalue weighted by Gasteiger charge is 2.42. The summed E-state index contributed by atoms with van der Waals surface area (Å²) in [6, 6.07) is 20.9. The second-order valence-corrected chi connectivity index (χ2v) is 7.79. The first-order valence-electron chi connectivity index (χ1n) is 10.7. The number of piperazine rings is 1. The smallest absolute Gasteiger partial charge is 0.278 e. The van der Waals surface area contributed by atoms with Gasteiger partial charge in [0.15, 0.2) is 0 Å². The van der Waals surface area contributed by atoms with Gasteiger partial charge in [-0.1, -0.05) is 60.7 Å². The number of carbonyl (C=O) groups excluding carboxylic acids is 2. The average Bonchev–Trinajstić information content (AvgIpc) is 3.10. The highest BCUT2D eigenvalue weighted by molar-refractivity contribution is 6.35. The van der Waals surface area contributed by atoms with Gasteiger partial charge in [0, 0.05) is 38.6 Å². The highest BCUT2D eigenvalue weighted by atomic mass is 16.2. The van der Waals surface area contributed by atoms with Crippen LogP contribution >= 0.6 is 0 Å². The number of benzene rings is 2. The van der Waals surface area contributed by atoms with Crippen molar-refractivity contribution in [3.8, 4) is 0 Å². The van der Waals surface area contributed by atoms with Gasteiger partial charge in [-0.15, -0.1) is 0 Å². The Morgan fingerprint density at radius 1 is 0.688 bits per heavy atom. The molecule has 1 saturated heterocycles. The van der Waals surface area contributed by atoms with Gasteiger partial charge in [0.05, 0.1) is 12.1 Å². The maximum absolute atomic E-state index is 13.5. The fourth-order valence-corrected chi connectivity index (χ4v) is 4.22. The lowest BCUT2D eigenvalue weighted by atomic mass is 10.0.